The van der Waals surface area contributed by atoms with Crippen LogP contribution in [0.2, 0.25) is 0 Å². The Morgan fingerprint density at radius 2 is 1.66 bits per heavy atom. The van der Waals surface area contributed by atoms with Crippen molar-refractivity contribution >= 4 is 28.5 Å². The van der Waals surface area contributed by atoms with Gasteiger partial charge in [-0.15, -0.1) is 0 Å². The fourth-order valence-electron chi connectivity index (χ4n) is 3.05. The summed E-state index contributed by atoms with van der Waals surface area (Å²) in [6.07, 6.45) is 0. The second-order valence-electron chi connectivity index (χ2n) is 7.04. The number of hydrazone groups is 1. The van der Waals surface area contributed by atoms with E-state index in [0.717, 1.165) is 33.2 Å². The van der Waals surface area contributed by atoms with E-state index in [4.69, 9.17) is 0 Å². The Morgan fingerprint density at radius 1 is 0.966 bits per heavy atom. The largest absolute Gasteiger partial charge is 0.333 e. The van der Waals surface area contributed by atoms with E-state index >= 15 is 0 Å². The van der Waals surface area contributed by atoms with Crippen LogP contribution in [0, 0.1) is 0 Å². The van der Waals surface area contributed by atoms with E-state index < -0.39 is 0 Å². The third kappa shape index (κ3) is 4.87. The molecule has 0 amide bonds. The highest BCUT2D eigenvalue weighted by molar-refractivity contribution is 7.99. The number of para-hydroxylation sites is 2. The summed E-state index contributed by atoms with van der Waals surface area (Å²) in [6.45, 7) is 4.16. The van der Waals surface area contributed by atoms with Crippen molar-refractivity contribution in [2.75, 3.05) is 5.75 Å². The van der Waals surface area contributed by atoms with Crippen LogP contribution in [-0.4, -0.2) is 27.5 Å². The first kappa shape index (κ1) is 19.3. The van der Waals surface area contributed by atoms with Crippen molar-refractivity contribution in [2.24, 2.45) is 5.10 Å². The van der Waals surface area contributed by atoms with Gasteiger partial charge in [-0.05, 0) is 42.7 Å². The first-order valence-corrected chi connectivity index (χ1v) is 10.7. The third-order valence-corrected chi connectivity index (χ3v) is 5.83. The van der Waals surface area contributed by atoms with Crippen LogP contribution >= 0.6 is 11.8 Å². The predicted molar refractivity (Wildman–Crippen MR) is 124 cm³/mol. The molecule has 0 saturated carbocycles. The summed E-state index contributed by atoms with van der Waals surface area (Å²) in [5.41, 5.74) is 9.87. The summed E-state index contributed by atoms with van der Waals surface area (Å²) >= 11 is 1.70. The van der Waals surface area contributed by atoms with E-state index in [0.29, 0.717) is 0 Å². The molecule has 29 heavy (non-hydrogen) atoms. The zero-order valence-corrected chi connectivity index (χ0v) is 17.4. The summed E-state index contributed by atoms with van der Waals surface area (Å²) in [6, 6.07) is 27.3. The molecule has 0 fully saturated rings. The lowest BCUT2D eigenvalue weighted by atomic mass is 10.0. The molecule has 0 saturated heterocycles. The lowest BCUT2D eigenvalue weighted by molar-refractivity contribution is 0.628. The molecule has 0 aliphatic rings. The number of aromatic nitrogens is 2. The number of fused-ring (bicyclic) bond motifs is 1. The highest BCUT2D eigenvalue weighted by atomic mass is 32.2. The Balaban J connectivity index is 1.33. The van der Waals surface area contributed by atoms with Crippen LogP contribution in [0.4, 0.5) is 0 Å². The van der Waals surface area contributed by atoms with Crippen LogP contribution in [0.5, 0.6) is 0 Å². The van der Waals surface area contributed by atoms with Crippen molar-refractivity contribution in [1.82, 2.24) is 15.4 Å². The second-order valence-corrected chi connectivity index (χ2v) is 8.05. The minimum atomic E-state index is 0.228. The molecular weight excluding hydrogens is 376 g/mol. The van der Waals surface area contributed by atoms with E-state index in [9.17, 15) is 0 Å². The van der Waals surface area contributed by atoms with Gasteiger partial charge in [0, 0.05) is 5.75 Å². The van der Waals surface area contributed by atoms with Gasteiger partial charge in [0.2, 0.25) is 0 Å². The first-order chi connectivity index (χ1) is 14.2. The smallest absolute Gasteiger partial charge is 0.166 e. The Hall–Kier alpha value is -3.05. The van der Waals surface area contributed by atoms with Crippen molar-refractivity contribution in [2.45, 2.75) is 25.0 Å². The minimum Gasteiger partial charge on any atom is -0.333 e. The monoisotopic (exact) mass is 400 g/mol. The van der Waals surface area contributed by atoms with Crippen LogP contribution < -0.4 is 5.43 Å². The Bertz CT molecular complexity index is 1070. The molecule has 1 heterocycles. The number of thioether (sulfide) groups is 1. The molecular formula is C24H24N4S. The van der Waals surface area contributed by atoms with E-state index in [1.54, 1.807) is 11.8 Å². The molecule has 4 aromatic rings. The van der Waals surface area contributed by atoms with Gasteiger partial charge in [-0.1, -0.05) is 78.5 Å². The third-order valence-electron chi connectivity index (χ3n) is 4.70. The number of aromatic amines is 1. The van der Waals surface area contributed by atoms with E-state index in [1.807, 2.05) is 37.3 Å². The SMILES string of the molecule is C/C(=N/NC(C)CSc1nc2ccccc2[nH]1)c1ccc(-c2ccccc2)cc1. The number of imidazole rings is 1. The van der Waals surface area contributed by atoms with Crippen LogP contribution in [0.1, 0.15) is 19.4 Å². The van der Waals surface area contributed by atoms with E-state index in [-0.39, 0.29) is 6.04 Å². The molecule has 3 aromatic carbocycles. The van der Waals surface area contributed by atoms with E-state index in [1.165, 1.54) is 11.1 Å². The zero-order valence-electron chi connectivity index (χ0n) is 16.6. The molecule has 2 N–H and O–H groups in total. The molecule has 1 atom stereocenters. The molecule has 0 aliphatic carbocycles. The first-order valence-electron chi connectivity index (χ1n) is 9.72. The fourth-order valence-corrected chi connectivity index (χ4v) is 3.87. The molecule has 1 aromatic heterocycles. The standard InChI is InChI=1S/C24H24N4S/c1-17(16-29-24-25-22-10-6-7-11-23(22)26-24)27-28-18(2)19-12-14-21(15-13-19)20-8-4-3-5-9-20/h3-15,17,27H,16H2,1-2H3,(H,25,26)/b28-18-. The molecule has 5 heteroatoms. The minimum absolute atomic E-state index is 0.228. The summed E-state index contributed by atoms with van der Waals surface area (Å²) in [4.78, 5) is 7.95. The number of nitrogens with zero attached hydrogens (tertiary/aromatic N) is 2. The maximum Gasteiger partial charge on any atom is 0.166 e. The number of H-pyrrole nitrogens is 1. The van der Waals surface area contributed by atoms with Crippen LogP contribution in [0.15, 0.2) is 89.1 Å². The molecule has 1 unspecified atom stereocenters. The van der Waals surface area contributed by atoms with E-state index in [2.05, 4.69) is 75.9 Å². The van der Waals surface area contributed by atoms with Gasteiger partial charge in [-0.3, -0.25) is 0 Å². The van der Waals surface area contributed by atoms with Gasteiger partial charge in [0.15, 0.2) is 5.16 Å². The summed E-state index contributed by atoms with van der Waals surface area (Å²) in [7, 11) is 0. The van der Waals surface area contributed by atoms with Gasteiger partial charge in [0.25, 0.3) is 0 Å². The summed E-state index contributed by atoms with van der Waals surface area (Å²) < 4.78 is 0. The lowest BCUT2D eigenvalue weighted by Gasteiger charge is -2.11. The van der Waals surface area contributed by atoms with Gasteiger partial charge in [-0.2, -0.15) is 5.10 Å². The normalized spacial score (nSPS) is 12.8. The average molecular weight is 401 g/mol. The van der Waals surface area contributed by atoms with Crippen molar-refractivity contribution < 1.29 is 0 Å². The highest BCUT2D eigenvalue weighted by Crippen LogP contribution is 2.21. The van der Waals surface area contributed by atoms with Gasteiger partial charge in [0.1, 0.15) is 0 Å². The molecule has 0 spiro atoms. The van der Waals surface area contributed by atoms with Crippen molar-refractivity contribution in [3.8, 4) is 11.1 Å². The molecule has 0 bridgehead atoms. The number of hydrogen-bond donors (Lipinski definition) is 2. The molecule has 0 aliphatic heterocycles. The van der Waals surface area contributed by atoms with Crippen LogP contribution in [-0.2, 0) is 0 Å². The summed E-state index contributed by atoms with van der Waals surface area (Å²) in [5.74, 6) is 0.879. The Labute approximate surface area is 175 Å². The quantitative estimate of drug-likeness (QED) is 0.237. The Kier molecular flexibility index (Phi) is 5.96. The topological polar surface area (TPSA) is 53.1 Å². The fraction of sp³-hybridized carbons (Fsp3) is 0.167. The maximum atomic E-state index is 4.60. The number of rotatable bonds is 7. The van der Waals surface area contributed by atoms with Crippen molar-refractivity contribution in [3.05, 3.63) is 84.4 Å². The predicted octanol–water partition coefficient (Wildman–Crippen LogP) is 5.72. The maximum absolute atomic E-state index is 4.60. The molecule has 4 nitrogen and oxygen atoms in total. The van der Waals surface area contributed by atoms with Gasteiger partial charge < -0.3 is 10.4 Å². The number of benzene rings is 3. The molecule has 146 valence electrons. The Morgan fingerprint density at radius 3 is 2.41 bits per heavy atom. The molecule has 4 rings (SSSR count). The lowest BCUT2D eigenvalue weighted by Crippen LogP contribution is -2.24. The van der Waals surface area contributed by atoms with Crippen LogP contribution in [0.3, 0.4) is 0 Å². The van der Waals surface area contributed by atoms with Crippen LogP contribution in [0.25, 0.3) is 22.2 Å². The van der Waals surface area contributed by atoms with Crippen molar-refractivity contribution in [1.29, 1.82) is 0 Å². The zero-order chi connectivity index (χ0) is 20.1. The van der Waals surface area contributed by atoms with Crippen molar-refractivity contribution in [3.63, 3.8) is 0 Å². The van der Waals surface area contributed by atoms with Gasteiger partial charge in [-0.25, -0.2) is 4.98 Å². The van der Waals surface area contributed by atoms with Gasteiger partial charge in [0.05, 0.1) is 22.8 Å². The molecule has 0 radical (unpaired) electrons. The average Bonchev–Trinajstić information content (AvgIpc) is 3.20. The number of nitrogens with one attached hydrogen (secondary N) is 2. The second kappa shape index (κ2) is 8.97. The summed E-state index contributed by atoms with van der Waals surface area (Å²) in [5, 5.41) is 5.52. The number of hydrogen-bond acceptors (Lipinski definition) is 4. The highest BCUT2D eigenvalue weighted by Gasteiger charge is 2.07. The van der Waals surface area contributed by atoms with Gasteiger partial charge >= 0.3 is 0 Å².